The molecule has 0 saturated carbocycles. The quantitative estimate of drug-likeness (QED) is 0.574. The van der Waals surface area contributed by atoms with Crippen molar-refractivity contribution >= 4 is 29.1 Å². The summed E-state index contributed by atoms with van der Waals surface area (Å²) in [5, 5.41) is 12.3. The molecule has 5 rings (SSSR count). The number of hydrogen-bond acceptors (Lipinski definition) is 6. The summed E-state index contributed by atoms with van der Waals surface area (Å²) in [6.07, 6.45) is 1.19. The van der Waals surface area contributed by atoms with E-state index in [1.807, 2.05) is 0 Å². The highest BCUT2D eigenvalue weighted by Crippen LogP contribution is 2.33. The van der Waals surface area contributed by atoms with Crippen LogP contribution in [0.1, 0.15) is 33.6 Å². The molecule has 0 spiro atoms. The lowest BCUT2D eigenvalue weighted by Crippen LogP contribution is -2.29. The Morgan fingerprint density at radius 1 is 0.939 bits per heavy atom. The number of carbonyl (C=O) groups excluding carboxylic acids is 3. The van der Waals surface area contributed by atoms with Crippen LogP contribution in [0.3, 0.4) is 0 Å². The van der Waals surface area contributed by atoms with Crippen molar-refractivity contribution in [2.24, 2.45) is 0 Å². The van der Waals surface area contributed by atoms with Gasteiger partial charge in [0, 0.05) is 12.3 Å². The first-order valence-electron chi connectivity index (χ1n) is 10.5. The zero-order valence-electron chi connectivity index (χ0n) is 17.5. The van der Waals surface area contributed by atoms with Gasteiger partial charge >= 0.3 is 0 Å². The molecule has 8 heteroatoms. The van der Waals surface area contributed by atoms with Crippen molar-refractivity contribution in [1.29, 1.82) is 0 Å². The van der Waals surface area contributed by atoms with Gasteiger partial charge in [0.2, 0.25) is 0 Å². The van der Waals surface area contributed by atoms with Crippen molar-refractivity contribution in [1.82, 2.24) is 0 Å². The number of nitrogens with one attached hydrogen (secondary N) is 1. The van der Waals surface area contributed by atoms with Gasteiger partial charge in [-0.3, -0.25) is 14.4 Å². The van der Waals surface area contributed by atoms with Crippen LogP contribution in [-0.2, 0) is 9.53 Å². The van der Waals surface area contributed by atoms with Crippen molar-refractivity contribution in [2.45, 2.75) is 18.9 Å². The molecule has 0 bridgehead atoms. The molecule has 1 saturated heterocycles. The van der Waals surface area contributed by atoms with Crippen molar-refractivity contribution < 1.29 is 29.0 Å². The molecule has 0 aromatic heterocycles. The number of phenolic OH excluding ortho intramolecular Hbond substituents is 1. The maximum absolute atomic E-state index is 12.9. The fourth-order valence-corrected chi connectivity index (χ4v) is 3.87. The van der Waals surface area contributed by atoms with Gasteiger partial charge in [0.1, 0.15) is 23.4 Å². The highest BCUT2D eigenvalue weighted by molar-refractivity contribution is 6.34. The Labute approximate surface area is 189 Å². The Bertz CT molecular complexity index is 1230. The van der Waals surface area contributed by atoms with Crippen LogP contribution in [0.5, 0.6) is 17.2 Å². The fraction of sp³-hybridized carbons (Fsp3) is 0.160. The summed E-state index contributed by atoms with van der Waals surface area (Å²) >= 11 is 0. The van der Waals surface area contributed by atoms with E-state index in [-0.39, 0.29) is 22.8 Å². The number of aromatic hydroxyl groups is 1. The van der Waals surface area contributed by atoms with Gasteiger partial charge < -0.3 is 19.9 Å². The van der Waals surface area contributed by atoms with Gasteiger partial charge in [-0.15, -0.1) is 0 Å². The molecule has 2 heterocycles. The number of imide groups is 1. The number of ether oxygens (including phenoxy) is 2. The van der Waals surface area contributed by atoms with Crippen LogP contribution in [0, 0.1) is 0 Å². The molecule has 2 aliphatic rings. The summed E-state index contributed by atoms with van der Waals surface area (Å²) < 4.78 is 11.2. The van der Waals surface area contributed by atoms with E-state index in [0.29, 0.717) is 29.5 Å². The van der Waals surface area contributed by atoms with Crippen LogP contribution in [0.25, 0.3) is 0 Å². The number of fused-ring (bicyclic) bond motifs is 1. The zero-order chi connectivity index (χ0) is 22.9. The Morgan fingerprint density at radius 2 is 1.64 bits per heavy atom. The summed E-state index contributed by atoms with van der Waals surface area (Å²) in [6, 6.07) is 17.4. The number of anilines is 2. The fourth-order valence-electron chi connectivity index (χ4n) is 3.87. The van der Waals surface area contributed by atoms with E-state index in [1.165, 1.54) is 30.3 Å². The summed E-state index contributed by atoms with van der Waals surface area (Å²) in [4.78, 5) is 38.9. The third-order valence-electron chi connectivity index (χ3n) is 5.55. The van der Waals surface area contributed by atoms with Gasteiger partial charge in [0.05, 0.1) is 16.8 Å². The molecular formula is C25H20N2O6. The van der Waals surface area contributed by atoms with Crippen LogP contribution in [0.4, 0.5) is 11.4 Å². The molecule has 3 aromatic carbocycles. The monoisotopic (exact) mass is 444 g/mol. The van der Waals surface area contributed by atoms with Gasteiger partial charge in [0.25, 0.3) is 17.7 Å². The van der Waals surface area contributed by atoms with E-state index in [4.69, 9.17) is 9.47 Å². The second-order valence-corrected chi connectivity index (χ2v) is 7.79. The smallest absolute Gasteiger partial charge is 0.266 e. The van der Waals surface area contributed by atoms with Gasteiger partial charge in [0.15, 0.2) is 0 Å². The van der Waals surface area contributed by atoms with Crippen molar-refractivity contribution in [3.8, 4) is 17.2 Å². The van der Waals surface area contributed by atoms with Crippen LogP contribution < -0.4 is 15.0 Å². The minimum Gasteiger partial charge on any atom is -0.508 e. The summed E-state index contributed by atoms with van der Waals surface area (Å²) in [5.41, 5.74) is 1.53. The average Bonchev–Trinajstić information content (AvgIpc) is 3.44. The molecule has 33 heavy (non-hydrogen) atoms. The number of phenols is 1. The lowest BCUT2D eigenvalue weighted by molar-refractivity contribution is -0.124. The van der Waals surface area contributed by atoms with Crippen LogP contribution in [0.15, 0.2) is 66.7 Å². The minimum absolute atomic E-state index is 0.0449. The number of carbonyl (C=O) groups is 3. The number of benzene rings is 3. The first kappa shape index (κ1) is 20.7. The second-order valence-electron chi connectivity index (χ2n) is 7.79. The first-order valence-corrected chi connectivity index (χ1v) is 10.5. The van der Waals surface area contributed by atoms with E-state index in [9.17, 15) is 19.5 Å². The van der Waals surface area contributed by atoms with Crippen molar-refractivity contribution in [2.75, 3.05) is 16.8 Å². The predicted molar refractivity (Wildman–Crippen MR) is 120 cm³/mol. The molecule has 8 nitrogen and oxygen atoms in total. The summed E-state index contributed by atoms with van der Waals surface area (Å²) in [5.74, 6) is -0.0996. The third-order valence-corrected chi connectivity index (χ3v) is 5.55. The molecule has 2 aliphatic heterocycles. The molecule has 3 aromatic rings. The highest BCUT2D eigenvalue weighted by Gasteiger charge is 2.37. The first-order chi connectivity index (χ1) is 16.0. The summed E-state index contributed by atoms with van der Waals surface area (Å²) in [7, 11) is 0. The van der Waals surface area contributed by atoms with Gasteiger partial charge in [-0.2, -0.15) is 0 Å². The highest BCUT2D eigenvalue weighted by atomic mass is 16.5. The average molecular weight is 444 g/mol. The lowest BCUT2D eigenvalue weighted by Gasteiger charge is -2.13. The van der Waals surface area contributed by atoms with E-state index >= 15 is 0 Å². The molecule has 3 amide bonds. The zero-order valence-corrected chi connectivity index (χ0v) is 17.5. The van der Waals surface area contributed by atoms with E-state index in [2.05, 4.69) is 5.32 Å². The Hall–Kier alpha value is -4.17. The van der Waals surface area contributed by atoms with Crippen LogP contribution in [0.2, 0.25) is 0 Å². The van der Waals surface area contributed by atoms with E-state index in [1.54, 1.807) is 36.4 Å². The number of rotatable bonds is 5. The predicted octanol–water partition coefficient (Wildman–Crippen LogP) is 4.10. The maximum Gasteiger partial charge on any atom is 0.266 e. The molecule has 1 fully saturated rings. The van der Waals surface area contributed by atoms with Crippen LogP contribution in [-0.4, -0.2) is 35.5 Å². The van der Waals surface area contributed by atoms with Gasteiger partial charge in [-0.1, -0.05) is 0 Å². The minimum atomic E-state index is -0.460. The Kier molecular flexibility index (Phi) is 5.27. The number of nitrogens with zero attached hydrogens (tertiary/aromatic N) is 1. The van der Waals surface area contributed by atoms with Crippen molar-refractivity contribution in [3.63, 3.8) is 0 Å². The Balaban J connectivity index is 1.29. The van der Waals surface area contributed by atoms with Gasteiger partial charge in [-0.25, -0.2) is 4.90 Å². The standard InChI is InChI=1S/C25H20N2O6/c28-17-7-5-16(6-8-17)27-24(30)20-12-11-19(14-21(20)25(27)31)33-18-9-3-15(4-10-18)26-23(29)22-2-1-13-32-22/h3-12,14,22,28H,1-2,13H2,(H,26,29). The second kappa shape index (κ2) is 8.40. The normalized spacial score (nSPS) is 17.2. The molecule has 166 valence electrons. The Morgan fingerprint density at radius 3 is 2.33 bits per heavy atom. The van der Waals surface area contributed by atoms with Gasteiger partial charge in [-0.05, 0) is 79.6 Å². The molecule has 0 aliphatic carbocycles. The summed E-state index contributed by atoms with van der Waals surface area (Å²) in [6.45, 7) is 0.604. The van der Waals surface area contributed by atoms with Crippen LogP contribution >= 0.6 is 0 Å². The largest absolute Gasteiger partial charge is 0.508 e. The number of hydrogen-bond donors (Lipinski definition) is 2. The molecule has 2 N–H and O–H groups in total. The van der Waals surface area contributed by atoms with E-state index in [0.717, 1.165) is 17.7 Å². The molecule has 0 radical (unpaired) electrons. The van der Waals surface area contributed by atoms with Crippen molar-refractivity contribution in [3.05, 3.63) is 77.9 Å². The topological polar surface area (TPSA) is 105 Å². The molecule has 1 unspecified atom stereocenters. The maximum atomic E-state index is 12.9. The molecular weight excluding hydrogens is 424 g/mol. The third kappa shape index (κ3) is 4.04. The molecule has 1 atom stereocenters. The van der Waals surface area contributed by atoms with E-state index < -0.39 is 17.9 Å². The number of amides is 3. The lowest BCUT2D eigenvalue weighted by atomic mass is 10.1. The SMILES string of the molecule is O=C(Nc1ccc(Oc2ccc3c(c2)C(=O)N(c2ccc(O)cc2)C3=O)cc1)C1CCCO1.